The van der Waals surface area contributed by atoms with Crippen molar-refractivity contribution in [1.82, 2.24) is 5.32 Å². The van der Waals surface area contributed by atoms with Gasteiger partial charge in [0, 0.05) is 6.92 Å². The van der Waals surface area contributed by atoms with Crippen LogP contribution in [0.2, 0.25) is 0 Å². The fourth-order valence-electron chi connectivity index (χ4n) is 0.510. The average molecular weight is 145 g/mol. The Hall–Kier alpha value is -0.900. The Morgan fingerprint density at radius 2 is 1.80 bits per heavy atom. The van der Waals surface area contributed by atoms with Gasteiger partial charge in [-0.2, -0.15) is 0 Å². The van der Waals surface area contributed by atoms with Gasteiger partial charge < -0.3 is 5.32 Å². The summed E-state index contributed by atoms with van der Waals surface area (Å²) in [5.41, 5.74) is 2.38. The van der Waals surface area contributed by atoms with Gasteiger partial charge in [0.1, 0.15) is 5.54 Å². The molecule has 0 aromatic carbocycles. The second kappa shape index (κ2) is 2.79. The van der Waals surface area contributed by atoms with E-state index in [1.54, 1.807) is 13.8 Å². The molecule has 0 heterocycles. The minimum Gasteiger partial charge on any atom is -0.339 e. The van der Waals surface area contributed by atoms with Gasteiger partial charge >= 0.3 is 5.91 Å². The number of amides is 2. The van der Waals surface area contributed by atoms with Crippen molar-refractivity contribution in [3.8, 4) is 0 Å². The molecule has 0 aliphatic heterocycles. The minimum atomic E-state index is -0.828. The summed E-state index contributed by atoms with van der Waals surface area (Å²) in [4.78, 5) is 21.1. The molecular weight excluding hydrogens is 132 g/mol. The van der Waals surface area contributed by atoms with Crippen molar-refractivity contribution in [3.05, 3.63) is 0 Å². The maximum absolute atomic E-state index is 10.7. The maximum atomic E-state index is 10.7. The molecule has 58 valence electrons. The molecule has 0 saturated heterocycles. The van der Waals surface area contributed by atoms with E-state index < -0.39 is 5.54 Å². The van der Waals surface area contributed by atoms with Crippen molar-refractivity contribution in [2.45, 2.75) is 26.3 Å². The van der Waals surface area contributed by atoms with E-state index in [0.29, 0.717) is 0 Å². The van der Waals surface area contributed by atoms with E-state index in [4.69, 9.17) is 0 Å². The van der Waals surface area contributed by atoms with Gasteiger partial charge in [0.15, 0.2) is 0 Å². The number of carbonyl (C=O) groups excluding carboxylic acids is 2. The summed E-state index contributed by atoms with van der Waals surface area (Å²) in [5.74, 6) is -0.510. The van der Waals surface area contributed by atoms with Gasteiger partial charge in [-0.1, -0.05) is 0 Å². The highest BCUT2D eigenvalue weighted by Gasteiger charge is 2.28. The molecule has 0 unspecified atom stereocenters. The van der Waals surface area contributed by atoms with Crippen molar-refractivity contribution < 1.29 is 15.3 Å². The highest BCUT2D eigenvalue weighted by atomic mass is 16.2. The minimum absolute atomic E-state index is 0.220. The van der Waals surface area contributed by atoms with Crippen molar-refractivity contribution in [3.63, 3.8) is 0 Å². The van der Waals surface area contributed by atoms with Gasteiger partial charge in [0.2, 0.25) is 5.91 Å². The Morgan fingerprint density at radius 3 is 1.90 bits per heavy atom. The lowest BCUT2D eigenvalue weighted by Gasteiger charge is -2.17. The molecule has 0 aromatic heterocycles. The average Bonchev–Trinajstić information content (AvgIpc) is 1.60. The maximum Gasteiger partial charge on any atom is 0.333 e. The van der Waals surface area contributed by atoms with Gasteiger partial charge in [0.25, 0.3) is 0 Å². The Labute approximate surface area is 59.8 Å². The van der Waals surface area contributed by atoms with Gasteiger partial charge in [-0.15, -0.1) is 0 Å². The van der Waals surface area contributed by atoms with Crippen LogP contribution in [0, 0.1) is 0 Å². The SMILES string of the molecule is CC(=O)NC(C)(C)C([NH3+])=O. The highest BCUT2D eigenvalue weighted by molar-refractivity contribution is 5.83. The van der Waals surface area contributed by atoms with Crippen LogP contribution in [-0.2, 0) is 9.59 Å². The van der Waals surface area contributed by atoms with E-state index in [9.17, 15) is 9.59 Å². The van der Waals surface area contributed by atoms with Crippen LogP contribution in [0.3, 0.4) is 0 Å². The van der Waals surface area contributed by atoms with Crippen molar-refractivity contribution >= 4 is 11.8 Å². The van der Waals surface area contributed by atoms with Crippen LogP contribution >= 0.6 is 0 Å². The van der Waals surface area contributed by atoms with Crippen LogP contribution in [0.15, 0.2) is 0 Å². The zero-order valence-corrected chi connectivity index (χ0v) is 6.52. The van der Waals surface area contributed by atoms with E-state index >= 15 is 0 Å². The Morgan fingerprint density at radius 1 is 1.40 bits per heavy atom. The fraction of sp³-hybridized carbons (Fsp3) is 0.667. The monoisotopic (exact) mass is 145 g/mol. The second-order valence-corrected chi connectivity index (χ2v) is 2.73. The third kappa shape index (κ3) is 2.59. The molecule has 0 atom stereocenters. The van der Waals surface area contributed by atoms with E-state index in [2.05, 4.69) is 11.1 Å². The zero-order chi connectivity index (χ0) is 8.36. The third-order valence-corrected chi connectivity index (χ3v) is 1.19. The Bertz CT molecular complexity index is 163. The molecule has 4 N–H and O–H groups in total. The predicted octanol–water partition coefficient (Wildman–Crippen LogP) is -1.33. The van der Waals surface area contributed by atoms with Crippen LogP contribution < -0.4 is 11.1 Å². The second-order valence-electron chi connectivity index (χ2n) is 2.73. The molecule has 0 aliphatic carbocycles. The molecule has 0 saturated carbocycles. The first-order chi connectivity index (χ1) is 4.36. The molecule has 0 spiro atoms. The summed E-state index contributed by atoms with van der Waals surface area (Å²) < 4.78 is 0. The molecule has 4 heteroatoms. The lowest BCUT2D eigenvalue weighted by Crippen LogP contribution is -2.70. The quantitative estimate of drug-likeness (QED) is 0.505. The summed E-state index contributed by atoms with van der Waals surface area (Å²) in [6.45, 7) is 4.60. The van der Waals surface area contributed by atoms with E-state index in [1.165, 1.54) is 6.92 Å². The van der Waals surface area contributed by atoms with Crippen LogP contribution in [0.25, 0.3) is 0 Å². The standard InChI is InChI=1S/C6H12N2O2/c1-4(9)8-6(2,3)5(7)10/h1-3H3,(H2,7,10)(H,8,9)/p+1. The smallest absolute Gasteiger partial charge is 0.333 e. The van der Waals surface area contributed by atoms with Gasteiger partial charge in [-0.3, -0.25) is 10.5 Å². The summed E-state index contributed by atoms with van der Waals surface area (Å²) >= 11 is 0. The number of hydrogen-bond donors (Lipinski definition) is 2. The van der Waals surface area contributed by atoms with Gasteiger partial charge in [-0.25, -0.2) is 4.79 Å². The molecule has 0 bridgehead atoms. The summed E-state index contributed by atoms with van der Waals surface area (Å²) in [5, 5.41) is 2.47. The fourth-order valence-corrected chi connectivity index (χ4v) is 0.510. The molecule has 0 rings (SSSR count). The number of hydrogen-bond acceptors (Lipinski definition) is 2. The van der Waals surface area contributed by atoms with Crippen molar-refractivity contribution in [1.29, 1.82) is 0 Å². The van der Waals surface area contributed by atoms with Crippen LogP contribution in [0.5, 0.6) is 0 Å². The number of nitrogens with one attached hydrogen (secondary N) is 1. The Balaban J connectivity index is 4.13. The summed E-state index contributed by atoms with van der Waals surface area (Å²) in [6.07, 6.45) is 0. The molecule has 2 amide bonds. The lowest BCUT2D eigenvalue weighted by molar-refractivity contribution is -0.312. The first-order valence-electron chi connectivity index (χ1n) is 3.01. The summed E-state index contributed by atoms with van der Waals surface area (Å²) in [6, 6.07) is 0. The van der Waals surface area contributed by atoms with E-state index in [-0.39, 0.29) is 11.8 Å². The molecule has 0 fully saturated rings. The number of rotatable bonds is 2. The first kappa shape index (κ1) is 9.10. The summed E-state index contributed by atoms with van der Waals surface area (Å²) in [7, 11) is 0. The van der Waals surface area contributed by atoms with Gasteiger partial charge in [0.05, 0.1) is 0 Å². The predicted molar refractivity (Wildman–Crippen MR) is 35.8 cm³/mol. The first-order valence-corrected chi connectivity index (χ1v) is 3.01. The zero-order valence-electron chi connectivity index (χ0n) is 6.52. The number of carbonyl (C=O) groups is 2. The normalized spacial score (nSPS) is 10.8. The van der Waals surface area contributed by atoms with Crippen molar-refractivity contribution in [2.24, 2.45) is 0 Å². The number of quaternary nitrogens is 1. The lowest BCUT2D eigenvalue weighted by atomic mass is 10.1. The van der Waals surface area contributed by atoms with E-state index in [1.807, 2.05) is 0 Å². The van der Waals surface area contributed by atoms with Gasteiger partial charge in [-0.05, 0) is 13.8 Å². The highest BCUT2D eigenvalue weighted by Crippen LogP contribution is 1.97. The topological polar surface area (TPSA) is 73.8 Å². The Kier molecular flexibility index (Phi) is 2.54. The molecular formula is C6H13N2O2+. The largest absolute Gasteiger partial charge is 0.339 e. The molecule has 10 heavy (non-hydrogen) atoms. The molecule has 0 aliphatic rings. The van der Waals surface area contributed by atoms with Crippen molar-refractivity contribution in [2.75, 3.05) is 0 Å². The third-order valence-electron chi connectivity index (χ3n) is 1.19. The molecule has 0 aromatic rings. The molecule has 4 nitrogen and oxygen atoms in total. The molecule has 0 radical (unpaired) electrons. The van der Waals surface area contributed by atoms with Crippen LogP contribution in [0.1, 0.15) is 20.8 Å². The van der Waals surface area contributed by atoms with Crippen LogP contribution in [0.4, 0.5) is 0 Å². The van der Waals surface area contributed by atoms with E-state index in [0.717, 1.165) is 0 Å². The van der Waals surface area contributed by atoms with Crippen LogP contribution in [-0.4, -0.2) is 17.4 Å².